The summed E-state index contributed by atoms with van der Waals surface area (Å²) in [6.45, 7) is 2.27. The number of aliphatic hydroxyl groups excluding tert-OH is 1. The molecule has 0 bridgehead atoms. The summed E-state index contributed by atoms with van der Waals surface area (Å²) < 4.78 is 19.8. The molecule has 2 aromatic heterocycles. The van der Waals surface area contributed by atoms with E-state index in [9.17, 15) is 19.4 Å². The van der Waals surface area contributed by atoms with Gasteiger partial charge in [0.2, 0.25) is 5.88 Å². The Kier molecular flexibility index (Phi) is 7.00. The smallest absolute Gasteiger partial charge is 0.407 e. The number of pyridine rings is 2. The van der Waals surface area contributed by atoms with Crippen LogP contribution in [-0.2, 0) is 6.54 Å². The van der Waals surface area contributed by atoms with Gasteiger partial charge in [0, 0.05) is 37.8 Å². The largest absolute Gasteiger partial charge is 0.481 e. The Morgan fingerprint density at radius 3 is 2.82 bits per heavy atom. The number of ether oxygens (including phenoxy) is 1. The molecule has 2 N–H and O–H groups in total. The van der Waals surface area contributed by atoms with Gasteiger partial charge in [-0.15, -0.1) is 0 Å². The predicted molar refractivity (Wildman–Crippen MR) is 120 cm³/mol. The van der Waals surface area contributed by atoms with Gasteiger partial charge in [0.25, 0.3) is 0 Å². The van der Waals surface area contributed by atoms with Gasteiger partial charge in [0.15, 0.2) is 0 Å². The maximum Gasteiger partial charge on any atom is 0.407 e. The van der Waals surface area contributed by atoms with Crippen molar-refractivity contribution in [3.63, 3.8) is 0 Å². The number of fused-ring (bicyclic) bond motifs is 1. The number of β-amino-alcohol motifs (C(OH)–C–C–N with tert-alkyl or cyclic N) is 1. The van der Waals surface area contributed by atoms with Crippen LogP contribution in [0.2, 0.25) is 0 Å². The lowest BCUT2D eigenvalue weighted by atomic mass is 10.1. The molecule has 3 aromatic rings. The van der Waals surface area contributed by atoms with Crippen LogP contribution in [0.5, 0.6) is 5.88 Å². The van der Waals surface area contributed by atoms with Gasteiger partial charge in [-0.1, -0.05) is 30.3 Å². The molecule has 1 aliphatic heterocycles. The van der Waals surface area contributed by atoms with Gasteiger partial charge in [-0.3, -0.25) is 4.98 Å². The van der Waals surface area contributed by atoms with E-state index in [2.05, 4.69) is 9.97 Å². The van der Waals surface area contributed by atoms with Gasteiger partial charge < -0.3 is 24.7 Å². The number of hydrogen-bond acceptors (Lipinski definition) is 6. The van der Waals surface area contributed by atoms with Crippen LogP contribution in [0, 0.1) is 11.7 Å². The molecule has 174 valence electrons. The Hall–Kier alpha value is -3.30. The number of rotatable bonds is 8. The Balaban J connectivity index is 1.42. The first-order chi connectivity index (χ1) is 15.9. The van der Waals surface area contributed by atoms with Crippen molar-refractivity contribution in [3.8, 4) is 5.88 Å². The molecule has 33 heavy (non-hydrogen) atoms. The minimum atomic E-state index is -1.10. The van der Waals surface area contributed by atoms with Crippen molar-refractivity contribution in [2.24, 2.45) is 5.92 Å². The molecule has 0 spiro atoms. The lowest BCUT2D eigenvalue weighted by molar-refractivity contribution is 0.116. The lowest BCUT2D eigenvalue weighted by Crippen LogP contribution is -2.35. The third-order valence-corrected chi connectivity index (χ3v) is 5.99. The minimum absolute atomic E-state index is 0.0959. The SMILES string of the molecule is COc1ccc2ncc(F)c([C@H](O)CN3CC[C@H](CN(Cc4ccccc4)C(=O)O)C3)c2n1. The first-order valence-corrected chi connectivity index (χ1v) is 10.9. The van der Waals surface area contributed by atoms with E-state index in [-0.39, 0.29) is 23.5 Å². The number of likely N-dealkylation sites (tertiary alicyclic amines) is 1. The fraction of sp³-hybridized carbons (Fsp3) is 0.375. The van der Waals surface area contributed by atoms with Crippen LogP contribution in [-0.4, -0.2) is 69.4 Å². The summed E-state index contributed by atoms with van der Waals surface area (Å²) in [4.78, 5) is 23.5. The molecule has 0 unspecified atom stereocenters. The van der Waals surface area contributed by atoms with E-state index in [1.165, 1.54) is 12.0 Å². The molecule has 3 heterocycles. The highest BCUT2D eigenvalue weighted by molar-refractivity contribution is 5.78. The zero-order valence-corrected chi connectivity index (χ0v) is 18.4. The number of benzene rings is 1. The van der Waals surface area contributed by atoms with Crippen LogP contribution < -0.4 is 4.74 Å². The molecular weight excluding hydrogens is 427 g/mol. The highest BCUT2D eigenvalue weighted by Gasteiger charge is 2.29. The third-order valence-electron chi connectivity index (χ3n) is 5.99. The van der Waals surface area contributed by atoms with Gasteiger partial charge in [-0.25, -0.2) is 14.2 Å². The Labute approximate surface area is 191 Å². The molecule has 0 saturated carbocycles. The van der Waals surface area contributed by atoms with Crippen molar-refractivity contribution in [2.45, 2.75) is 19.1 Å². The molecule has 1 fully saturated rings. The quantitative estimate of drug-likeness (QED) is 0.539. The Bertz CT molecular complexity index is 1110. The van der Waals surface area contributed by atoms with E-state index in [4.69, 9.17) is 4.74 Å². The molecule has 2 atom stereocenters. The van der Waals surface area contributed by atoms with Crippen LogP contribution in [0.25, 0.3) is 11.0 Å². The number of nitrogens with zero attached hydrogens (tertiary/aromatic N) is 4. The summed E-state index contributed by atoms with van der Waals surface area (Å²) in [6.07, 6.45) is -0.163. The van der Waals surface area contributed by atoms with E-state index >= 15 is 0 Å². The van der Waals surface area contributed by atoms with Gasteiger partial charge in [-0.05, 0) is 30.5 Å². The minimum Gasteiger partial charge on any atom is -0.481 e. The third kappa shape index (κ3) is 5.37. The topological polar surface area (TPSA) is 99.0 Å². The first kappa shape index (κ1) is 22.9. The lowest BCUT2D eigenvalue weighted by Gasteiger charge is -2.24. The van der Waals surface area contributed by atoms with Crippen LogP contribution in [0.15, 0.2) is 48.7 Å². The van der Waals surface area contributed by atoms with E-state index in [1.54, 1.807) is 12.1 Å². The summed E-state index contributed by atoms with van der Waals surface area (Å²) in [5, 5.41) is 20.5. The number of carbonyl (C=O) groups is 1. The number of methoxy groups -OCH3 is 1. The van der Waals surface area contributed by atoms with E-state index in [0.29, 0.717) is 37.6 Å². The van der Waals surface area contributed by atoms with E-state index in [0.717, 1.165) is 18.2 Å². The summed E-state index contributed by atoms with van der Waals surface area (Å²) in [5.74, 6) is -0.169. The molecule has 1 saturated heterocycles. The Morgan fingerprint density at radius 1 is 1.30 bits per heavy atom. The molecule has 1 amide bonds. The maximum atomic E-state index is 14.6. The summed E-state index contributed by atoms with van der Waals surface area (Å²) in [6, 6.07) is 12.8. The second-order valence-corrected chi connectivity index (χ2v) is 8.32. The Morgan fingerprint density at radius 2 is 2.09 bits per heavy atom. The molecule has 9 heteroatoms. The highest BCUT2D eigenvalue weighted by Crippen LogP contribution is 2.28. The van der Waals surface area contributed by atoms with Gasteiger partial charge in [0.1, 0.15) is 11.3 Å². The van der Waals surface area contributed by atoms with Crippen molar-refractivity contribution in [1.82, 2.24) is 19.8 Å². The van der Waals surface area contributed by atoms with Crippen molar-refractivity contribution in [1.29, 1.82) is 0 Å². The predicted octanol–water partition coefficient (Wildman–Crippen LogP) is 3.31. The number of aromatic nitrogens is 2. The van der Waals surface area contributed by atoms with Crippen molar-refractivity contribution in [2.75, 3.05) is 33.3 Å². The van der Waals surface area contributed by atoms with Gasteiger partial charge in [-0.2, -0.15) is 0 Å². The zero-order valence-electron chi connectivity index (χ0n) is 18.4. The normalized spacial score (nSPS) is 17.2. The average Bonchev–Trinajstić information content (AvgIpc) is 3.25. The average molecular weight is 455 g/mol. The number of aliphatic hydroxyl groups is 1. The van der Waals surface area contributed by atoms with E-state index < -0.39 is 18.0 Å². The van der Waals surface area contributed by atoms with Crippen molar-refractivity contribution in [3.05, 3.63) is 65.6 Å². The summed E-state index contributed by atoms with van der Waals surface area (Å²) >= 11 is 0. The van der Waals surface area contributed by atoms with Gasteiger partial charge in [0.05, 0.1) is 24.9 Å². The summed E-state index contributed by atoms with van der Waals surface area (Å²) in [5.41, 5.74) is 1.79. The fourth-order valence-electron chi connectivity index (χ4n) is 4.37. The van der Waals surface area contributed by atoms with Crippen molar-refractivity contribution < 1.29 is 24.1 Å². The fourth-order valence-corrected chi connectivity index (χ4v) is 4.37. The van der Waals surface area contributed by atoms with Crippen molar-refractivity contribution >= 4 is 17.1 Å². The second kappa shape index (κ2) is 10.1. The van der Waals surface area contributed by atoms with Crippen LogP contribution in [0.3, 0.4) is 0 Å². The number of amides is 1. The van der Waals surface area contributed by atoms with E-state index in [1.807, 2.05) is 35.2 Å². The molecule has 4 rings (SSSR count). The van der Waals surface area contributed by atoms with Crippen LogP contribution >= 0.6 is 0 Å². The molecule has 8 nitrogen and oxygen atoms in total. The van der Waals surface area contributed by atoms with Gasteiger partial charge >= 0.3 is 6.09 Å². The molecule has 0 aliphatic carbocycles. The number of hydrogen-bond donors (Lipinski definition) is 2. The maximum absolute atomic E-state index is 14.6. The summed E-state index contributed by atoms with van der Waals surface area (Å²) in [7, 11) is 1.47. The second-order valence-electron chi connectivity index (χ2n) is 8.32. The standard InChI is InChI=1S/C24H27FN4O4/c1-33-21-8-7-19-23(27-21)22(18(25)11-26-19)20(30)15-28-10-9-17(12-28)14-29(24(31)32)13-16-5-3-2-4-6-16/h2-8,11,17,20,30H,9-10,12-15H2,1H3,(H,31,32)/t17-,20+/m0/s1. The first-order valence-electron chi connectivity index (χ1n) is 10.9. The molecular formula is C24H27FN4O4. The van der Waals surface area contributed by atoms with Crippen LogP contribution in [0.4, 0.5) is 9.18 Å². The number of halogens is 1. The zero-order chi connectivity index (χ0) is 23.4. The highest BCUT2D eigenvalue weighted by atomic mass is 19.1. The van der Waals surface area contributed by atoms with Crippen LogP contribution in [0.1, 0.15) is 23.7 Å². The number of carboxylic acid groups (broad SMARTS) is 1. The molecule has 1 aromatic carbocycles. The molecule has 0 radical (unpaired) electrons. The molecule has 1 aliphatic rings. The monoisotopic (exact) mass is 454 g/mol.